The van der Waals surface area contributed by atoms with E-state index in [0.717, 1.165) is 58.9 Å². The maximum atomic E-state index is 12.2. The summed E-state index contributed by atoms with van der Waals surface area (Å²) in [5.74, 6) is -0.146. The molecular formula is C19H34N4O4. The molecule has 0 aliphatic carbocycles. The number of rotatable bonds is 8. The van der Waals surface area contributed by atoms with Crippen LogP contribution < -0.4 is 0 Å². The number of carboxylic acids is 1. The smallest absolute Gasteiger partial charge is 0.410 e. The number of nitrogens with zero attached hydrogens (tertiary/aromatic N) is 4. The van der Waals surface area contributed by atoms with Gasteiger partial charge in [-0.15, -0.1) is 0 Å². The molecule has 0 aromatic heterocycles. The summed E-state index contributed by atoms with van der Waals surface area (Å²) >= 11 is 0. The monoisotopic (exact) mass is 382 g/mol. The molecule has 8 nitrogen and oxygen atoms in total. The third kappa shape index (κ3) is 6.05. The number of hydrogen-bond donors (Lipinski definition) is 1. The predicted molar refractivity (Wildman–Crippen MR) is 102 cm³/mol. The fourth-order valence-electron chi connectivity index (χ4n) is 4.35. The van der Waals surface area contributed by atoms with Gasteiger partial charge in [0.2, 0.25) is 0 Å². The molecule has 1 unspecified atom stereocenters. The molecular weight excluding hydrogens is 348 g/mol. The lowest BCUT2D eigenvalue weighted by Gasteiger charge is -2.35. The van der Waals surface area contributed by atoms with Gasteiger partial charge in [0, 0.05) is 45.8 Å². The Balaban J connectivity index is 1.35. The number of ether oxygens (including phenoxy) is 1. The molecule has 1 atom stereocenters. The first kappa shape index (κ1) is 20.4. The predicted octanol–water partition coefficient (Wildman–Crippen LogP) is 0.631. The maximum absolute atomic E-state index is 12.2. The molecule has 0 radical (unpaired) electrons. The summed E-state index contributed by atoms with van der Waals surface area (Å²) in [4.78, 5) is 31.8. The highest BCUT2D eigenvalue weighted by atomic mass is 16.6. The molecule has 8 heteroatoms. The summed E-state index contributed by atoms with van der Waals surface area (Å²) in [5.41, 5.74) is 0. The fourth-order valence-corrected chi connectivity index (χ4v) is 4.35. The van der Waals surface area contributed by atoms with Gasteiger partial charge in [-0.2, -0.15) is 0 Å². The molecule has 0 aromatic rings. The van der Waals surface area contributed by atoms with E-state index in [2.05, 4.69) is 21.6 Å². The van der Waals surface area contributed by atoms with E-state index < -0.39 is 5.97 Å². The van der Waals surface area contributed by atoms with Crippen LogP contribution in [0.3, 0.4) is 0 Å². The van der Waals surface area contributed by atoms with E-state index in [1.807, 2.05) is 4.90 Å². The molecule has 3 aliphatic rings. The van der Waals surface area contributed by atoms with E-state index in [-0.39, 0.29) is 18.6 Å². The number of likely N-dealkylation sites (tertiary alicyclic amines) is 1. The van der Waals surface area contributed by atoms with Crippen molar-refractivity contribution in [1.82, 2.24) is 19.6 Å². The minimum absolute atomic E-state index is 0.0428. The number of amides is 1. The molecule has 3 aliphatic heterocycles. The number of carbonyl (C=O) groups excluding carboxylic acids is 1. The second-order valence-corrected chi connectivity index (χ2v) is 8.07. The van der Waals surface area contributed by atoms with Gasteiger partial charge >= 0.3 is 12.1 Å². The van der Waals surface area contributed by atoms with E-state index in [1.54, 1.807) is 0 Å². The molecule has 0 bridgehead atoms. The summed E-state index contributed by atoms with van der Waals surface area (Å²) in [5, 5.41) is 8.79. The van der Waals surface area contributed by atoms with Crippen molar-refractivity contribution in [3.8, 4) is 0 Å². The van der Waals surface area contributed by atoms with Crippen LogP contribution in [0.25, 0.3) is 0 Å². The van der Waals surface area contributed by atoms with Crippen LogP contribution in [0.4, 0.5) is 4.79 Å². The van der Waals surface area contributed by atoms with Crippen molar-refractivity contribution in [1.29, 1.82) is 0 Å². The van der Waals surface area contributed by atoms with E-state index in [0.29, 0.717) is 19.0 Å². The molecule has 0 aromatic carbocycles. The zero-order chi connectivity index (χ0) is 19.2. The quantitative estimate of drug-likeness (QED) is 0.660. The van der Waals surface area contributed by atoms with Crippen molar-refractivity contribution in [2.24, 2.45) is 5.92 Å². The number of piperidine rings is 1. The summed E-state index contributed by atoms with van der Waals surface area (Å²) < 4.78 is 5.61. The lowest BCUT2D eigenvalue weighted by Crippen LogP contribution is -2.49. The van der Waals surface area contributed by atoms with Gasteiger partial charge in [0.1, 0.15) is 6.10 Å². The van der Waals surface area contributed by atoms with E-state index in [4.69, 9.17) is 9.84 Å². The lowest BCUT2D eigenvalue weighted by molar-refractivity contribution is -0.137. The summed E-state index contributed by atoms with van der Waals surface area (Å²) in [7, 11) is 0. The minimum atomic E-state index is -0.740. The van der Waals surface area contributed by atoms with Crippen molar-refractivity contribution in [3.63, 3.8) is 0 Å². The largest absolute Gasteiger partial charge is 0.481 e. The first-order valence-corrected chi connectivity index (χ1v) is 10.4. The minimum Gasteiger partial charge on any atom is -0.481 e. The molecule has 0 spiro atoms. The van der Waals surface area contributed by atoms with Crippen LogP contribution in [0.1, 0.15) is 26.2 Å². The Bertz CT molecular complexity index is 502. The molecule has 3 saturated heterocycles. The number of aliphatic carboxylic acids is 1. The Hall–Kier alpha value is -1.38. The van der Waals surface area contributed by atoms with Crippen LogP contribution in [0.2, 0.25) is 0 Å². The van der Waals surface area contributed by atoms with Gasteiger partial charge in [-0.1, -0.05) is 6.92 Å². The van der Waals surface area contributed by atoms with Crippen molar-refractivity contribution in [2.45, 2.75) is 32.3 Å². The van der Waals surface area contributed by atoms with Gasteiger partial charge in [-0.3, -0.25) is 9.69 Å². The molecule has 3 rings (SSSR count). The molecule has 27 heavy (non-hydrogen) atoms. The van der Waals surface area contributed by atoms with Crippen LogP contribution in [-0.2, 0) is 9.53 Å². The standard InChI is InChI=1S/C19H34N4O4/c1-2-20-6-3-16(4-7-20)13-23-15-17(27-19(23)26)14-22-11-9-21(10-12-22)8-5-18(24)25/h16-17H,2-15H2,1H3,(H,24,25). The number of cyclic esters (lactones) is 1. The van der Waals surface area contributed by atoms with Crippen LogP contribution >= 0.6 is 0 Å². The number of carbonyl (C=O) groups is 2. The Labute approximate surface area is 162 Å². The number of hydrogen-bond acceptors (Lipinski definition) is 6. The van der Waals surface area contributed by atoms with Crippen molar-refractivity contribution < 1.29 is 19.4 Å². The Kier molecular flexibility index (Phi) is 7.32. The molecule has 3 fully saturated rings. The Morgan fingerprint density at radius 1 is 1.04 bits per heavy atom. The molecule has 3 heterocycles. The second kappa shape index (κ2) is 9.71. The van der Waals surface area contributed by atoms with Crippen LogP contribution in [-0.4, -0.2) is 115 Å². The molecule has 1 amide bonds. The van der Waals surface area contributed by atoms with Crippen molar-refractivity contribution in [2.75, 3.05) is 72.0 Å². The van der Waals surface area contributed by atoms with Crippen LogP contribution in [0.15, 0.2) is 0 Å². The molecule has 0 saturated carbocycles. The third-order valence-corrected chi connectivity index (χ3v) is 6.15. The molecule has 154 valence electrons. The lowest BCUT2D eigenvalue weighted by atomic mass is 9.96. The van der Waals surface area contributed by atoms with E-state index in [1.165, 1.54) is 12.8 Å². The van der Waals surface area contributed by atoms with Gasteiger partial charge in [0.15, 0.2) is 0 Å². The van der Waals surface area contributed by atoms with E-state index >= 15 is 0 Å². The normalized spacial score (nSPS) is 26.5. The van der Waals surface area contributed by atoms with Gasteiger partial charge in [0.25, 0.3) is 0 Å². The van der Waals surface area contributed by atoms with Gasteiger partial charge in [-0.05, 0) is 38.4 Å². The fraction of sp³-hybridized carbons (Fsp3) is 0.895. The Morgan fingerprint density at radius 3 is 2.33 bits per heavy atom. The van der Waals surface area contributed by atoms with Crippen molar-refractivity contribution in [3.05, 3.63) is 0 Å². The summed E-state index contributed by atoms with van der Waals surface area (Å²) in [6.07, 6.45) is 2.34. The van der Waals surface area contributed by atoms with Gasteiger partial charge < -0.3 is 24.5 Å². The number of carboxylic acid groups (broad SMARTS) is 1. The highest BCUT2D eigenvalue weighted by molar-refractivity contribution is 5.70. The van der Waals surface area contributed by atoms with Crippen molar-refractivity contribution >= 4 is 12.1 Å². The van der Waals surface area contributed by atoms with Gasteiger partial charge in [-0.25, -0.2) is 4.79 Å². The number of piperazine rings is 1. The van der Waals surface area contributed by atoms with E-state index in [9.17, 15) is 9.59 Å². The first-order chi connectivity index (χ1) is 13.0. The van der Waals surface area contributed by atoms with Crippen LogP contribution in [0.5, 0.6) is 0 Å². The molecule has 1 N–H and O–H groups in total. The topological polar surface area (TPSA) is 76.6 Å². The first-order valence-electron chi connectivity index (χ1n) is 10.4. The average Bonchev–Trinajstić information content (AvgIpc) is 3.00. The third-order valence-electron chi connectivity index (χ3n) is 6.15. The highest BCUT2D eigenvalue weighted by Crippen LogP contribution is 2.22. The maximum Gasteiger partial charge on any atom is 0.410 e. The Morgan fingerprint density at radius 2 is 1.70 bits per heavy atom. The van der Waals surface area contributed by atoms with Crippen LogP contribution in [0, 0.1) is 5.92 Å². The zero-order valence-corrected chi connectivity index (χ0v) is 16.5. The highest BCUT2D eigenvalue weighted by Gasteiger charge is 2.34. The SMILES string of the molecule is CCN1CCC(CN2CC(CN3CCN(CCC(=O)O)CC3)OC2=O)CC1. The average molecular weight is 383 g/mol. The second-order valence-electron chi connectivity index (χ2n) is 8.07. The summed E-state index contributed by atoms with van der Waals surface area (Å²) in [6, 6.07) is 0. The van der Waals surface area contributed by atoms with Gasteiger partial charge in [0.05, 0.1) is 13.0 Å². The summed E-state index contributed by atoms with van der Waals surface area (Å²) in [6.45, 7) is 12.1. The zero-order valence-electron chi connectivity index (χ0n) is 16.5.